The summed E-state index contributed by atoms with van der Waals surface area (Å²) in [6.45, 7) is 29.0. The van der Waals surface area contributed by atoms with Crippen LogP contribution >= 0.6 is 0 Å². The van der Waals surface area contributed by atoms with Crippen molar-refractivity contribution >= 4 is 5.97 Å². The highest BCUT2D eigenvalue weighted by Crippen LogP contribution is 2.55. The Bertz CT molecular complexity index is 1490. The van der Waals surface area contributed by atoms with Gasteiger partial charge in [0.05, 0.1) is 40.0 Å². The summed E-state index contributed by atoms with van der Waals surface area (Å²) in [6, 6.07) is 16.4. The molecule has 3 aromatic rings. The fourth-order valence-electron chi connectivity index (χ4n) is 7.03. The first-order valence-electron chi connectivity index (χ1n) is 17.6. The van der Waals surface area contributed by atoms with Gasteiger partial charge in [0.25, 0.3) is 0 Å². The standard InChI is InChI=1S/C43H61NO5/c1-17-49-39(45)36-35(26-18-20-29(46-14)21-19-26)44(36)34(27-22-30(40(2,3)4)37(47-15)31(23-27)41(5,6)7)28-24-32(42(8,9)10)38(48-16)33(25-28)43(11,12)13/h18-25,34-36H,17H2,1-16H3/t35-,36-,44?/m1/s1. The van der Waals surface area contributed by atoms with Gasteiger partial charge in [0.2, 0.25) is 0 Å². The molecule has 1 fully saturated rings. The minimum Gasteiger partial charge on any atom is -0.497 e. The summed E-state index contributed by atoms with van der Waals surface area (Å²) in [4.78, 5) is 16.2. The number of hydrogen-bond acceptors (Lipinski definition) is 6. The molecule has 0 radical (unpaired) electrons. The highest BCUT2D eigenvalue weighted by atomic mass is 16.5. The van der Waals surface area contributed by atoms with Crippen molar-refractivity contribution in [3.8, 4) is 17.2 Å². The molecule has 0 N–H and O–H groups in total. The first-order chi connectivity index (χ1) is 22.6. The van der Waals surface area contributed by atoms with Crippen LogP contribution in [0.2, 0.25) is 0 Å². The molecule has 1 aliphatic rings. The van der Waals surface area contributed by atoms with Crippen LogP contribution < -0.4 is 14.2 Å². The van der Waals surface area contributed by atoms with Crippen LogP contribution in [0.15, 0.2) is 48.5 Å². The van der Waals surface area contributed by atoms with E-state index in [1.165, 1.54) is 0 Å². The van der Waals surface area contributed by atoms with E-state index >= 15 is 0 Å². The maximum atomic E-state index is 13.9. The van der Waals surface area contributed by atoms with Crippen LogP contribution in [0.25, 0.3) is 0 Å². The summed E-state index contributed by atoms with van der Waals surface area (Å²) in [7, 11) is 5.21. The molecule has 0 bridgehead atoms. The Kier molecular flexibility index (Phi) is 10.7. The van der Waals surface area contributed by atoms with Crippen LogP contribution in [0.3, 0.4) is 0 Å². The van der Waals surface area contributed by atoms with Gasteiger partial charge in [-0.2, -0.15) is 0 Å². The topological polar surface area (TPSA) is 57.0 Å². The third-order valence-electron chi connectivity index (χ3n) is 9.63. The van der Waals surface area contributed by atoms with Crippen LogP contribution in [-0.2, 0) is 31.2 Å². The van der Waals surface area contributed by atoms with Gasteiger partial charge in [0.1, 0.15) is 23.3 Å². The second-order valence-corrected chi connectivity index (χ2v) is 17.6. The maximum absolute atomic E-state index is 13.9. The minimum atomic E-state index is -0.463. The number of benzene rings is 3. The van der Waals surface area contributed by atoms with Gasteiger partial charge in [-0.05, 0) is 81.7 Å². The lowest BCUT2D eigenvalue weighted by Crippen LogP contribution is -2.25. The molecule has 6 heteroatoms. The Morgan fingerprint density at radius 3 is 1.29 bits per heavy atom. The number of hydrogen-bond donors (Lipinski definition) is 0. The van der Waals surface area contributed by atoms with Gasteiger partial charge < -0.3 is 18.9 Å². The number of carbonyl (C=O) groups is 1. The Morgan fingerprint density at radius 2 is 1.00 bits per heavy atom. The van der Waals surface area contributed by atoms with Crippen molar-refractivity contribution in [3.63, 3.8) is 0 Å². The van der Waals surface area contributed by atoms with Gasteiger partial charge in [-0.15, -0.1) is 0 Å². The van der Waals surface area contributed by atoms with Gasteiger partial charge in [-0.1, -0.05) is 95.2 Å². The van der Waals surface area contributed by atoms with Crippen molar-refractivity contribution in [2.75, 3.05) is 27.9 Å². The normalized spacial score (nSPS) is 18.3. The van der Waals surface area contributed by atoms with Gasteiger partial charge in [-0.25, -0.2) is 0 Å². The number of nitrogens with zero attached hydrogens (tertiary/aromatic N) is 1. The molecular formula is C43H61NO5. The molecule has 49 heavy (non-hydrogen) atoms. The molecule has 0 saturated carbocycles. The smallest absolute Gasteiger partial charge is 0.325 e. The highest BCUT2D eigenvalue weighted by molar-refractivity contribution is 5.81. The number of carbonyl (C=O) groups excluding carboxylic acids is 1. The van der Waals surface area contributed by atoms with Gasteiger partial charge in [0.15, 0.2) is 0 Å². The molecule has 0 aliphatic carbocycles. The van der Waals surface area contributed by atoms with Gasteiger partial charge >= 0.3 is 5.97 Å². The number of rotatable bonds is 9. The molecule has 6 nitrogen and oxygen atoms in total. The summed E-state index contributed by atoms with van der Waals surface area (Å²) in [5, 5.41) is 0. The Balaban J connectivity index is 2.16. The number of ether oxygens (including phenoxy) is 4. The lowest BCUT2D eigenvalue weighted by molar-refractivity contribution is -0.143. The molecule has 1 aliphatic heterocycles. The summed E-state index contributed by atoms with van der Waals surface area (Å²) in [5.74, 6) is 2.40. The van der Waals surface area contributed by atoms with Crippen LogP contribution in [0.4, 0.5) is 0 Å². The molecule has 4 rings (SSSR count). The molecular weight excluding hydrogens is 610 g/mol. The fourth-order valence-corrected chi connectivity index (χ4v) is 7.03. The zero-order chi connectivity index (χ0) is 36.9. The summed E-state index contributed by atoms with van der Waals surface area (Å²) < 4.78 is 23.6. The molecule has 3 atom stereocenters. The predicted molar refractivity (Wildman–Crippen MR) is 201 cm³/mol. The molecule has 1 heterocycles. The van der Waals surface area contributed by atoms with E-state index in [9.17, 15) is 4.79 Å². The van der Waals surface area contributed by atoms with E-state index in [4.69, 9.17) is 18.9 Å². The average molecular weight is 672 g/mol. The fraction of sp³-hybridized carbons (Fsp3) is 0.558. The summed E-state index contributed by atoms with van der Waals surface area (Å²) in [6.07, 6.45) is 0. The van der Waals surface area contributed by atoms with E-state index in [2.05, 4.69) is 124 Å². The SMILES string of the molecule is CCOC(=O)[C@H]1[C@@H](c2ccc(OC)cc2)N1C(c1cc(C(C)(C)C)c(OC)c(C(C)(C)C)c1)c1cc(C(C)(C)C)c(OC)c(C(C)(C)C)c1. The Morgan fingerprint density at radius 1 is 0.633 bits per heavy atom. The predicted octanol–water partition coefficient (Wildman–Crippen LogP) is 9.98. The molecule has 0 spiro atoms. The quantitative estimate of drug-likeness (QED) is 0.167. The largest absolute Gasteiger partial charge is 0.497 e. The number of methoxy groups -OCH3 is 3. The van der Waals surface area contributed by atoms with Crippen LogP contribution in [0.1, 0.15) is 141 Å². The maximum Gasteiger partial charge on any atom is 0.325 e. The van der Waals surface area contributed by atoms with E-state index in [1.54, 1.807) is 21.3 Å². The van der Waals surface area contributed by atoms with Crippen LogP contribution in [0.5, 0.6) is 17.2 Å². The molecule has 0 aromatic heterocycles. The molecule has 268 valence electrons. The zero-order valence-corrected chi connectivity index (χ0v) is 33.0. The first kappa shape index (κ1) is 38.3. The minimum absolute atomic E-state index is 0.188. The average Bonchev–Trinajstić information content (AvgIpc) is 3.73. The summed E-state index contributed by atoms with van der Waals surface area (Å²) >= 11 is 0. The second kappa shape index (κ2) is 13.7. The van der Waals surface area contributed by atoms with Crippen molar-refractivity contribution in [1.82, 2.24) is 4.90 Å². The molecule has 3 aromatic carbocycles. The monoisotopic (exact) mass is 671 g/mol. The van der Waals surface area contributed by atoms with Crippen molar-refractivity contribution in [2.24, 2.45) is 0 Å². The van der Waals surface area contributed by atoms with E-state index in [0.29, 0.717) is 6.61 Å². The number of esters is 1. The van der Waals surface area contributed by atoms with Gasteiger partial charge in [0, 0.05) is 22.3 Å². The van der Waals surface area contributed by atoms with Crippen molar-refractivity contribution in [3.05, 3.63) is 87.5 Å². The van der Waals surface area contributed by atoms with Gasteiger partial charge in [-0.3, -0.25) is 9.69 Å². The van der Waals surface area contributed by atoms with Crippen molar-refractivity contribution < 1.29 is 23.7 Å². The first-order valence-corrected chi connectivity index (χ1v) is 17.6. The third kappa shape index (κ3) is 7.80. The Labute approximate surface area is 296 Å². The highest BCUT2D eigenvalue weighted by Gasteiger charge is 2.58. The summed E-state index contributed by atoms with van der Waals surface area (Å²) in [5.41, 5.74) is 7.03. The molecule has 1 saturated heterocycles. The third-order valence-corrected chi connectivity index (χ3v) is 9.63. The van der Waals surface area contributed by atoms with E-state index in [0.717, 1.165) is 56.2 Å². The van der Waals surface area contributed by atoms with E-state index in [-0.39, 0.29) is 39.7 Å². The molecule has 1 unspecified atom stereocenters. The van der Waals surface area contributed by atoms with E-state index in [1.807, 2.05) is 19.1 Å². The second-order valence-electron chi connectivity index (χ2n) is 17.6. The van der Waals surface area contributed by atoms with Crippen molar-refractivity contribution in [1.29, 1.82) is 0 Å². The van der Waals surface area contributed by atoms with Crippen molar-refractivity contribution in [2.45, 2.75) is 130 Å². The van der Waals surface area contributed by atoms with Crippen LogP contribution in [0, 0.1) is 0 Å². The zero-order valence-electron chi connectivity index (χ0n) is 33.0. The van der Waals surface area contributed by atoms with Crippen LogP contribution in [-0.4, -0.2) is 44.8 Å². The lowest BCUT2D eigenvalue weighted by Gasteiger charge is -2.34. The molecule has 0 amide bonds. The Hall–Kier alpha value is -3.51. The lowest BCUT2D eigenvalue weighted by atomic mass is 9.75. The van der Waals surface area contributed by atoms with E-state index < -0.39 is 6.04 Å².